The second-order valence-corrected chi connectivity index (χ2v) is 9.22. The molecule has 154 valence electrons. The highest BCUT2D eigenvalue weighted by molar-refractivity contribution is 7.18. The Morgan fingerprint density at radius 3 is 2.72 bits per heavy atom. The lowest BCUT2D eigenvalue weighted by Gasteiger charge is -2.15. The molecule has 1 aromatic carbocycles. The van der Waals surface area contributed by atoms with E-state index in [0.29, 0.717) is 12.5 Å². The van der Waals surface area contributed by atoms with Crippen molar-refractivity contribution in [2.75, 3.05) is 32.5 Å². The molecule has 0 spiro atoms. The van der Waals surface area contributed by atoms with Crippen molar-refractivity contribution in [2.24, 2.45) is 0 Å². The lowest BCUT2D eigenvalue weighted by Crippen LogP contribution is -2.27. The highest BCUT2D eigenvalue weighted by Crippen LogP contribution is 2.33. The summed E-state index contributed by atoms with van der Waals surface area (Å²) in [4.78, 5) is 23.0. The topological polar surface area (TPSA) is 50.2 Å². The van der Waals surface area contributed by atoms with Crippen LogP contribution in [0.3, 0.4) is 0 Å². The standard InChI is InChI=1S/C23H30N4OS/c1-26(2)15-9-14-24-23-25-21-20(18-12-7-4-8-13-19(18)29-21)22(28)27(23)16-17-10-5-3-6-11-17/h3,5-6,10-11H,4,7-9,12-16H2,1-2H3,(H,24,25). The van der Waals surface area contributed by atoms with E-state index >= 15 is 0 Å². The van der Waals surface area contributed by atoms with Crippen LogP contribution in [0, 0.1) is 0 Å². The Balaban J connectivity index is 1.74. The molecule has 1 N–H and O–H groups in total. The number of aromatic nitrogens is 2. The second kappa shape index (κ2) is 9.09. The van der Waals surface area contributed by atoms with Crippen LogP contribution in [-0.2, 0) is 19.4 Å². The predicted octanol–water partition coefficient (Wildman–Crippen LogP) is 4.14. The minimum absolute atomic E-state index is 0.105. The Kier molecular flexibility index (Phi) is 6.31. The van der Waals surface area contributed by atoms with Gasteiger partial charge in [0.2, 0.25) is 5.95 Å². The van der Waals surface area contributed by atoms with E-state index in [0.717, 1.165) is 48.1 Å². The van der Waals surface area contributed by atoms with Crippen molar-refractivity contribution < 1.29 is 0 Å². The summed E-state index contributed by atoms with van der Waals surface area (Å²) in [7, 11) is 4.16. The van der Waals surface area contributed by atoms with Crippen LogP contribution >= 0.6 is 11.3 Å². The molecule has 0 saturated carbocycles. The summed E-state index contributed by atoms with van der Waals surface area (Å²) in [6, 6.07) is 10.2. The van der Waals surface area contributed by atoms with Crippen molar-refractivity contribution in [3.8, 4) is 0 Å². The SMILES string of the molecule is CN(C)CCCNc1nc2sc3c(c2c(=O)n1Cc1ccccc1)CCCCC3. The van der Waals surface area contributed by atoms with Gasteiger partial charge in [0.25, 0.3) is 5.56 Å². The van der Waals surface area contributed by atoms with Gasteiger partial charge >= 0.3 is 0 Å². The summed E-state index contributed by atoms with van der Waals surface area (Å²) in [6.07, 6.45) is 6.73. The van der Waals surface area contributed by atoms with E-state index in [-0.39, 0.29) is 5.56 Å². The molecule has 1 aliphatic rings. The monoisotopic (exact) mass is 410 g/mol. The molecular formula is C23H30N4OS. The number of nitrogens with zero attached hydrogens (tertiary/aromatic N) is 3. The molecule has 2 heterocycles. The van der Waals surface area contributed by atoms with Crippen LogP contribution in [0.5, 0.6) is 0 Å². The van der Waals surface area contributed by atoms with Gasteiger partial charge in [-0.05, 0) is 63.9 Å². The number of thiophene rings is 1. The molecule has 3 aromatic rings. The largest absolute Gasteiger partial charge is 0.355 e. The molecule has 0 amide bonds. The van der Waals surface area contributed by atoms with Gasteiger partial charge in [-0.3, -0.25) is 9.36 Å². The zero-order valence-electron chi connectivity index (χ0n) is 17.4. The first-order valence-electron chi connectivity index (χ1n) is 10.6. The fourth-order valence-electron chi connectivity index (χ4n) is 4.06. The summed E-state index contributed by atoms with van der Waals surface area (Å²) >= 11 is 1.73. The van der Waals surface area contributed by atoms with E-state index in [9.17, 15) is 4.79 Å². The van der Waals surface area contributed by atoms with Crippen LogP contribution in [0.1, 0.15) is 41.7 Å². The molecule has 29 heavy (non-hydrogen) atoms. The molecule has 6 heteroatoms. The molecule has 0 saturated heterocycles. The summed E-state index contributed by atoms with van der Waals surface area (Å²) in [5, 5.41) is 4.31. The van der Waals surface area contributed by atoms with Gasteiger partial charge < -0.3 is 10.2 Å². The molecule has 1 aliphatic carbocycles. The zero-order valence-corrected chi connectivity index (χ0v) is 18.2. The van der Waals surface area contributed by atoms with E-state index in [4.69, 9.17) is 4.98 Å². The molecular weight excluding hydrogens is 380 g/mol. The summed E-state index contributed by atoms with van der Waals surface area (Å²) < 4.78 is 1.84. The van der Waals surface area contributed by atoms with Crippen molar-refractivity contribution in [3.05, 3.63) is 56.7 Å². The molecule has 2 aromatic heterocycles. The summed E-state index contributed by atoms with van der Waals surface area (Å²) in [5.74, 6) is 0.696. The van der Waals surface area contributed by atoms with Gasteiger partial charge in [0.05, 0.1) is 11.9 Å². The van der Waals surface area contributed by atoms with Gasteiger partial charge in [0.15, 0.2) is 0 Å². The molecule has 0 aliphatic heterocycles. The third-order valence-electron chi connectivity index (χ3n) is 5.57. The number of anilines is 1. The van der Waals surface area contributed by atoms with Gasteiger partial charge in [0.1, 0.15) is 4.83 Å². The minimum atomic E-state index is 0.105. The Morgan fingerprint density at radius 2 is 1.93 bits per heavy atom. The number of nitrogens with one attached hydrogen (secondary N) is 1. The number of hydrogen-bond donors (Lipinski definition) is 1. The summed E-state index contributed by atoms with van der Waals surface area (Å²) in [6.45, 7) is 2.35. The number of rotatable bonds is 7. The van der Waals surface area contributed by atoms with Crippen LogP contribution in [-0.4, -0.2) is 41.6 Å². The number of fused-ring (bicyclic) bond motifs is 3. The van der Waals surface area contributed by atoms with Gasteiger partial charge in [-0.25, -0.2) is 4.98 Å². The zero-order chi connectivity index (χ0) is 20.2. The molecule has 5 nitrogen and oxygen atoms in total. The van der Waals surface area contributed by atoms with Crippen molar-refractivity contribution in [1.82, 2.24) is 14.5 Å². The van der Waals surface area contributed by atoms with Gasteiger partial charge in [-0.2, -0.15) is 0 Å². The first-order chi connectivity index (χ1) is 14.1. The summed E-state index contributed by atoms with van der Waals surface area (Å²) in [5.41, 5.74) is 2.49. The fraction of sp³-hybridized carbons (Fsp3) is 0.478. The maximum Gasteiger partial charge on any atom is 0.264 e. The van der Waals surface area contributed by atoms with E-state index in [1.54, 1.807) is 11.3 Å². The van der Waals surface area contributed by atoms with Gasteiger partial charge in [-0.15, -0.1) is 11.3 Å². The number of hydrogen-bond acceptors (Lipinski definition) is 5. The van der Waals surface area contributed by atoms with Crippen LogP contribution < -0.4 is 10.9 Å². The van der Waals surface area contributed by atoms with Crippen molar-refractivity contribution in [2.45, 2.75) is 45.1 Å². The lowest BCUT2D eigenvalue weighted by molar-refractivity contribution is 0.405. The lowest BCUT2D eigenvalue weighted by atomic mass is 10.1. The van der Waals surface area contributed by atoms with Gasteiger partial charge in [0, 0.05) is 11.4 Å². The van der Waals surface area contributed by atoms with Gasteiger partial charge in [-0.1, -0.05) is 36.8 Å². The number of benzene rings is 1. The molecule has 0 fully saturated rings. The van der Waals surface area contributed by atoms with Crippen LogP contribution in [0.15, 0.2) is 35.1 Å². The minimum Gasteiger partial charge on any atom is -0.355 e. The van der Waals surface area contributed by atoms with E-state index < -0.39 is 0 Å². The Morgan fingerprint density at radius 1 is 1.14 bits per heavy atom. The third-order valence-corrected chi connectivity index (χ3v) is 6.76. The Bertz CT molecular complexity index is 1020. The molecule has 0 atom stereocenters. The molecule has 4 rings (SSSR count). The van der Waals surface area contributed by atoms with Crippen molar-refractivity contribution in [1.29, 1.82) is 0 Å². The van der Waals surface area contributed by atoms with E-state index in [1.165, 1.54) is 29.7 Å². The molecule has 0 unspecified atom stereocenters. The Labute approximate surface area is 176 Å². The number of aryl methyl sites for hydroxylation is 2. The van der Waals surface area contributed by atoms with E-state index in [1.807, 2.05) is 22.8 Å². The predicted molar refractivity (Wildman–Crippen MR) is 122 cm³/mol. The third kappa shape index (κ3) is 4.54. The maximum absolute atomic E-state index is 13.6. The maximum atomic E-state index is 13.6. The smallest absolute Gasteiger partial charge is 0.264 e. The van der Waals surface area contributed by atoms with Crippen LogP contribution in [0.2, 0.25) is 0 Å². The van der Waals surface area contributed by atoms with Crippen molar-refractivity contribution >= 4 is 27.5 Å². The van der Waals surface area contributed by atoms with E-state index in [2.05, 4.69) is 36.4 Å². The van der Waals surface area contributed by atoms with Crippen LogP contribution in [0.25, 0.3) is 10.2 Å². The normalized spacial score (nSPS) is 14.2. The fourth-order valence-corrected chi connectivity index (χ4v) is 5.31. The van der Waals surface area contributed by atoms with Crippen molar-refractivity contribution in [3.63, 3.8) is 0 Å². The second-order valence-electron chi connectivity index (χ2n) is 8.14. The quantitative estimate of drug-likeness (QED) is 0.470. The Hall–Kier alpha value is -2.18. The highest BCUT2D eigenvalue weighted by Gasteiger charge is 2.21. The average molecular weight is 411 g/mol. The molecule has 0 radical (unpaired) electrons. The first-order valence-corrected chi connectivity index (χ1v) is 11.4. The van der Waals surface area contributed by atoms with Crippen LogP contribution in [0.4, 0.5) is 5.95 Å². The highest BCUT2D eigenvalue weighted by atomic mass is 32.1. The average Bonchev–Trinajstić information content (AvgIpc) is 2.89. The first kappa shape index (κ1) is 20.1. The molecule has 0 bridgehead atoms.